The average molecular weight is 435 g/mol. The van der Waals surface area contributed by atoms with Crippen molar-refractivity contribution in [2.24, 2.45) is 5.92 Å². The fourth-order valence-electron chi connectivity index (χ4n) is 5.05. The van der Waals surface area contributed by atoms with Gasteiger partial charge >= 0.3 is 0 Å². The highest BCUT2D eigenvalue weighted by Crippen LogP contribution is 2.42. The number of anilines is 1. The Balaban J connectivity index is 1.31. The summed E-state index contributed by atoms with van der Waals surface area (Å²) in [4.78, 5) is 7.40. The topological polar surface area (TPSA) is 83.8 Å². The lowest BCUT2D eigenvalue weighted by atomic mass is 9.79. The van der Waals surface area contributed by atoms with Crippen molar-refractivity contribution in [1.82, 2.24) is 19.7 Å². The van der Waals surface area contributed by atoms with E-state index in [1.165, 1.54) is 26.1 Å². The van der Waals surface area contributed by atoms with Gasteiger partial charge in [-0.15, -0.1) is 0 Å². The molecule has 0 radical (unpaired) electrons. The number of rotatable bonds is 5. The summed E-state index contributed by atoms with van der Waals surface area (Å²) in [5, 5.41) is 15.7. The second kappa shape index (κ2) is 8.02. The SMILES string of the molecule is N#Cc1c(-c2ccc3ccc(-c4ccccc4)nc3c2)nn([C@H]2C[C@H](CN3CCC3)C2)c1N. The van der Waals surface area contributed by atoms with Crippen LogP contribution in [0.25, 0.3) is 33.4 Å². The molecule has 2 aromatic heterocycles. The second-order valence-corrected chi connectivity index (χ2v) is 9.28. The molecule has 1 aliphatic heterocycles. The molecule has 1 aliphatic carbocycles. The summed E-state index contributed by atoms with van der Waals surface area (Å²) >= 11 is 0. The van der Waals surface area contributed by atoms with Gasteiger partial charge in [0.1, 0.15) is 23.1 Å². The van der Waals surface area contributed by atoms with E-state index in [0.717, 1.165) is 40.6 Å². The normalized spacial score (nSPS) is 20.2. The first-order chi connectivity index (χ1) is 16.2. The highest BCUT2D eigenvalue weighted by Gasteiger charge is 2.35. The minimum absolute atomic E-state index is 0.278. The molecule has 0 bridgehead atoms. The van der Waals surface area contributed by atoms with Gasteiger partial charge < -0.3 is 10.6 Å². The van der Waals surface area contributed by atoms with Gasteiger partial charge in [0.05, 0.1) is 17.3 Å². The summed E-state index contributed by atoms with van der Waals surface area (Å²) in [6, 6.07) is 22.9. The van der Waals surface area contributed by atoms with Crippen LogP contribution in [-0.4, -0.2) is 39.3 Å². The van der Waals surface area contributed by atoms with Crippen LogP contribution in [0.4, 0.5) is 5.82 Å². The van der Waals surface area contributed by atoms with Gasteiger partial charge in [0.25, 0.3) is 0 Å². The van der Waals surface area contributed by atoms with Gasteiger partial charge in [-0.2, -0.15) is 10.4 Å². The van der Waals surface area contributed by atoms with E-state index in [0.29, 0.717) is 23.0 Å². The number of hydrogen-bond donors (Lipinski definition) is 1. The van der Waals surface area contributed by atoms with E-state index >= 15 is 0 Å². The van der Waals surface area contributed by atoms with Gasteiger partial charge in [-0.3, -0.25) is 0 Å². The predicted molar refractivity (Wildman–Crippen MR) is 130 cm³/mol. The molecule has 6 heteroatoms. The van der Waals surface area contributed by atoms with Crippen molar-refractivity contribution in [3.8, 4) is 28.6 Å². The Labute approximate surface area is 193 Å². The van der Waals surface area contributed by atoms with Crippen LogP contribution in [0.3, 0.4) is 0 Å². The summed E-state index contributed by atoms with van der Waals surface area (Å²) in [5.41, 5.74) is 11.3. The summed E-state index contributed by atoms with van der Waals surface area (Å²) < 4.78 is 1.89. The van der Waals surface area contributed by atoms with E-state index in [1.807, 2.05) is 47.1 Å². The van der Waals surface area contributed by atoms with E-state index in [2.05, 4.69) is 29.2 Å². The predicted octanol–water partition coefficient (Wildman–Crippen LogP) is 4.88. The van der Waals surface area contributed by atoms with Gasteiger partial charge in [-0.25, -0.2) is 9.67 Å². The van der Waals surface area contributed by atoms with Crippen LogP contribution < -0.4 is 5.73 Å². The Morgan fingerprint density at radius 2 is 1.79 bits per heavy atom. The number of nitrogens with two attached hydrogens (primary N) is 1. The highest BCUT2D eigenvalue weighted by atomic mass is 15.3. The average Bonchev–Trinajstić information content (AvgIpc) is 3.12. The molecule has 33 heavy (non-hydrogen) atoms. The van der Waals surface area contributed by atoms with Crippen molar-refractivity contribution in [1.29, 1.82) is 5.26 Å². The van der Waals surface area contributed by atoms with Crippen LogP contribution in [0.15, 0.2) is 60.7 Å². The molecule has 3 heterocycles. The molecular weight excluding hydrogens is 408 g/mol. The maximum absolute atomic E-state index is 9.86. The molecule has 1 saturated carbocycles. The molecule has 164 valence electrons. The molecule has 6 nitrogen and oxygen atoms in total. The van der Waals surface area contributed by atoms with E-state index in [-0.39, 0.29) is 6.04 Å². The highest BCUT2D eigenvalue weighted by molar-refractivity contribution is 5.87. The summed E-state index contributed by atoms with van der Waals surface area (Å²) in [6.07, 6.45) is 3.48. The van der Waals surface area contributed by atoms with E-state index < -0.39 is 0 Å². The minimum atomic E-state index is 0.278. The number of likely N-dealkylation sites (tertiary alicyclic amines) is 1. The monoisotopic (exact) mass is 434 g/mol. The molecule has 0 spiro atoms. The number of pyridine rings is 1. The van der Waals surface area contributed by atoms with Crippen molar-refractivity contribution in [2.75, 3.05) is 25.4 Å². The fourth-order valence-corrected chi connectivity index (χ4v) is 5.05. The molecule has 0 atom stereocenters. The smallest absolute Gasteiger partial charge is 0.140 e. The van der Waals surface area contributed by atoms with Gasteiger partial charge in [0, 0.05) is 23.1 Å². The van der Waals surface area contributed by atoms with Gasteiger partial charge in [0.2, 0.25) is 0 Å². The van der Waals surface area contributed by atoms with E-state index in [4.69, 9.17) is 15.8 Å². The first kappa shape index (κ1) is 20.0. The van der Waals surface area contributed by atoms with Crippen LogP contribution in [0, 0.1) is 17.2 Å². The van der Waals surface area contributed by atoms with Crippen molar-refractivity contribution in [3.63, 3.8) is 0 Å². The van der Waals surface area contributed by atoms with E-state index in [9.17, 15) is 5.26 Å². The maximum Gasteiger partial charge on any atom is 0.140 e. The Kier molecular flexibility index (Phi) is 4.85. The van der Waals surface area contributed by atoms with Crippen molar-refractivity contribution in [2.45, 2.75) is 25.3 Å². The van der Waals surface area contributed by atoms with Crippen molar-refractivity contribution >= 4 is 16.7 Å². The molecule has 2 aliphatic rings. The van der Waals surface area contributed by atoms with Crippen LogP contribution >= 0.6 is 0 Å². The van der Waals surface area contributed by atoms with Crippen LogP contribution in [0.5, 0.6) is 0 Å². The van der Waals surface area contributed by atoms with Crippen LogP contribution in [-0.2, 0) is 0 Å². The molecule has 2 aromatic carbocycles. The van der Waals surface area contributed by atoms with Gasteiger partial charge in [0.15, 0.2) is 0 Å². The molecule has 0 amide bonds. The second-order valence-electron chi connectivity index (χ2n) is 9.28. The van der Waals surface area contributed by atoms with Crippen molar-refractivity contribution < 1.29 is 0 Å². The Morgan fingerprint density at radius 3 is 2.52 bits per heavy atom. The van der Waals surface area contributed by atoms with Crippen LogP contribution in [0.1, 0.15) is 30.9 Å². The van der Waals surface area contributed by atoms with Crippen LogP contribution in [0.2, 0.25) is 0 Å². The number of fused-ring (bicyclic) bond motifs is 1. The largest absolute Gasteiger partial charge is 0.383 e. The number of nitrogens with zero attached hydrogens (tertiary/aromatic N) is 5. The molecular formula is C27H26N6. The number of nitrogen functional groups attached to an aromatic ring is 1. The lowest BCUT2D eigenvalue weighted by Crippen LogP contribution is -2.44. The standard InChI is InChI=1S/C27H26N6/c28-16-23-26(31-33(27(23)29)22-13-18(14-22)17-32-11-4-12-32)21-8-7-20-9-10-24(30-25(20)15-21)19-5-2-1-3-6-19/h1-3,5-10,15,18,22H,4,11-14,17,29H2/t18-,22-. The third-order valence-corrected chi connectivity index (χ3v) is 7.12. The summed E-state index contributed by atoms with van der Waals surface area (Å²) in [7, 11) is 0. The molecule has 4 aromatic rings. The molecule has 0 unspecified atom stereocenters. The van der Waals surface area contributed by atoms with Gasteiger partial charge in [-0.05, 0) is 50.4 Å². The lowest BCUT2D eigenvalue weighted by molar-refractivity contribution is 0.0874. The maximum atomic E-state index is 9.86. The lowest BCUT2D eigenvalue weighted by Gasteiger charge is -2.41. The Morgan fingerprint density at radius 1 is 1.00 bits per heavy atom. The number of aromatic nitrogens is 3. The van der Waals surface area contributed by atoms with Gasteiger partial charge in [-0.1, -0.05) is 48.5 Å². The zero-order chi connectivity index (χ0) is 22.4. The fraction of sp³-hybridized carbons (Fsp3) is 0.296. The molecule has 6 rings (SSSR count). The zero-order valence-electron chi connectivity index (χ0n) is 18.5. The molecule has 1 saturated heterocycles. The Hall–Kier alpha value is -3.69. The molecule has 2 fully saturated rings. The third kappa shape index (κ3) is 3.55. The first-order valence-electron chi connectivity index (χ1n) is 11.7. The van der Waals surface area contributed by atoms with Crippen molar-refractivity contribution in [3.05, 3.63) is 66.2 Å². The number of benzene rings is 2. The first-order valence-corrected chi connectivity index (χ1v) is 11.7. The van der Waals surface area contributed by atoms with E-state index in [1.54, 1.807) is 0 Å². The summed E-state index contributed by atoms with van der Waals surface area (Å²) in [5.74, 6) is 1.18. The number of hydrogen-bond acceptors (Lipinski definition) is 5. The number of nitriles is 1. The quantitative estimate of drug-likeness (QED) is 0.484. The summed E-state index contributed by atoms with van der Waals surface area (Å²) in [6.45, 7) is 3.64. The minimum Gasteiger partial charge on any atom is -0.383 e. The zero-order valence-corrected chi connectivity index (χ0v) is 18.5. The third-order valence-electron chi connectivity index (χ3n) is 7.12. The molecule has 2 N–H and O–H groups in total. The Bertz CT molecular complexity index is 1360.